The van der Waals surface area contributed by atoms with E-state index in [-0.39, 0.29) is 0 Å². The van der Waals surface area contributed by atoms with Crippen LogP contribution in [0.2, 0.25) is 0 Å². The lowest BCUT2D eigenvalue weighted by Crippen LogP contribution is -2.01. The molecule has 2 aromatic heterocycles. The lowest BCUT2D eigenvalue weighted by molar-refractivity contribution is 1.00. The van der Waals surface area contributed by atoms with E-state index in [1.165, 1.54) is 11.1 Å². The van der Waals surface area contributed by atoms with E-state index >= 15 is 0 Å². The minimum absolute atomic E-state index is 0.539. The summed E-state index contributed by atoms with van der Waals surface area (Å²) in [6.07, 6.45) is 6.18. The average molecular weight is 368 g/mol. The lowest BCUT2D eigenvalue weighted by Gasteiger charge is -2.12. The molecule has 3 aromatic rings. The summed E-state index contributed by atoms with van der Waals surface area (Å²) in [6.45, 7) is 10.1. The number of nitrogens with two attached hydrogens (primary N) is 1. The van der Waals surface area contributed by atoms with Crippen molar-refractivity contribution in [1.29, 1.82) is 0 Å². The van der Waals surface area contributed by atoms with Crippen molar-refractivity contribution in [2.24, 2.45) is 10.7 Å². The summed E-state index contributed by atoms with van der Waals surface area (Å²) in [5.41, 5.74) is 13.4. The molecule has 2 heterocycles. The number of aliphatic imine (C=N–C) groups is 1. The standard InChI is InChI=1S/C24H24N4/c1-4-8-21(26-3)23-14-20(15-24(28-23)22-9-6-7-12-27-22)18-10-11-19(16-25)17(5-2)13-18/h4,6-15H,1,3,5,16,25H2,2H3/b21-8-. The van der Waals surface area contributed by atoms with Crippen molar-refractivity contribution in [3.8, 4) is 22.5 Å². The van der Waals surface area contributed by atoms with Crippen LogP contribution in [-0.4, -0.2) is 16.7 Å². The van der Waals surface area contributed by atoms with Gasteiger partial charge in [-0.25, -0.2) is 4.98 Å². The van der Waals surface area contributed by atoms with Crippen molar-refractivity contribution in [2.45, 2.75) is 19.9 Å². The lowest BCUT2D eigenvalue weighted by atomic mass is 9.96. The van der Waals surface area contributed by atoms with Crippen LogP contribution in [0.25, 0.3) is 28.2 Å². The van der Waals surface area contributed by atoms with Gasteiger partial charge in [0, 0.05) is 12.7 Å². The van der Waals surface area contributed by atoms with Crippen LogP contribution < -0.4 is 5.73 Å². The van der Waals surface area contributed by atoms with E-state index in [1.807, 2.05) is 24.3 Å². The molecular weight excluding hydrogens is 344 g/mol. The molecular formula is C24H24N4. The van der Waals surface area contributed by atoms with E-state index in [0.29, 0.717) is 12.2 Å². The third-order valence-electron chi connectivity index (χ3n) is 4.60. The summed E-state index contributed by atoms with van der Waals surface area (Å²) < 4.78 is 0. The molecule has 0 fully saturated rings. The van der Waals surface area contributed by atoms with E-state index in [0.717, 1.165) is 34.6 Å². The van der Waals surface area contributed by atoms with E-state index in [9.17, 15) is 0 Å². The van der Waals surface area contributed by atoms with Crippen molar-refractivity contribution < 1.29 is 0 Å². The molecule has 0 aliphatic carbocycles. The first-order valence-electron chi connectivity index (χ1n) is 9.25. The Balaban J connectivity index is 2.22. The van der Waals surface area contributed by atoms with Crippen molar-refractivity contribution in [3.63, 3.8) is 0 Å². The van der Waals surface area contributed by atoms with Gasteiger partial charge >= 0.3 is 0 Å². The van der Waals surface area contributed by atoms with Crippen molar-refractivity contribution >= 4 is 12.4 Å². The molecule has 0 radical (unpaired) electrons. The summed E-state index contributed by atoms with van der Waals surface area (Å²) in [7, 11) is 0. The minimum atomic E-state index is 0.539. The van der Waals surface area contributed by atoms with E-state index in [2.05, 4.69) is 54.5 Å². The Bertz CT molecular complexity index is 1020. The van der Waals surface area contributed by atoms with Crippen molar-refractivity contribution in [1.82, 2.24) is 9.97 Å². The van der Waals surface area contributed by atoms with E-state index in [4.69, 9.17) is 10.7 Å². The number of aryl methyl sites for hydroxylation is 1. The zero-order valence-corrected chi connectivity index (χ0v) is 16.1. The van der Waals surface area contributed by atoms with Crippen LogP contribution in [0.1, 0.15) is 23.7 Å². The zero-order chi connectivity index (χ0) is 19.9. The van der Waals surface area contributed by atoms with Crippen LogP contribution >= 0.6 is 0 Å². The van der Waals surface area contributed by atoms with E-state index < -0.39 is 0 Å². The van der Waals surface area contributed by atoms with Crippen molar-refractivity contribution in [2.75, 3.05) is 0 Å². The Morgan fingerprint density at radius 3 is 2.57 bits per heavy atom. The van der Waals surface area contributed by atoms with Gasteiger partial charge in [0.1, 0.15) is 0 Å². The van der Waals surface area contributed by atoms with Gasteiger partial charge in [-0.15, -0.1) is 0 Å². The second-order valence-corrected chi connectivity index (χ2v) is 6.33. The first-order chi connectivity index (χ1) is 13.7. The quantitative estimate of drug-likeness (QED) is 0.468. The molecule has 2 N–H and O–H groups in total. The van der Waals surface area contributed by atoms with Gasteiger partial charge in [0.25, 0.3) is 0 Å². The summed E-state index contributed by atoms with van der Waals surface area (Å²) in [6, 6.07) is 16.3. The van der Waals surface area contributed by atoms with Gasteiger partial charge in [0.15, 0.2) is 0 Å². The van der Waals surface area contributed by atoms with Gasteiger partial charge in [0.2, 0.25) is 0 Å². The molecule has 1 aromatic carbocycles. The highest BCUT2D eigenvalue weighted by molar-refractivity contribution is 5.76. The first kappa shape index (κ1) is 19.4. The number of aromatic nitrogens is 2. The Morgan fingerprint density at radius 2 is 1.93 bits per heavy atom. The summed E-state index contributed by atoms with van der Waals surface area (Å²) in [5.74, 6) is 0. The van der Waals surface area contributed by atoms with Gasteiger partial charge in [-0.3, -0.25) is 9.98 Å². The molecule has 0 atom stereocenters. The maximum absolute atomic E-state index is 5.88. The minimum Gasteiger partial charge on any atom is -0.326 e. The van der Waals surface area contributed by atoms with Gasteiger partial charge in [-0.2, -0.15) is 0 Å². The normalized spacial score (nSPS) is 11.3. The fraction of sp³-hybridized carbons (Fsp3) is 0.125. The van der Waals surface area contributed by atoms with Gasteiger partial charge < -0.3 is 5.73 Å². The first-order valence-corrected chi connectivity index (χ1v) is 9.25. The largest absolute Gasteiger partial charge is 0.326 e. The molecule has 0 spiro atoms. The van der Waals surface area contributed by atoms with Gasteiger partial charge in [-0.05, 0) is 65.7 Å². The summed E-state index contributed by atoms with van der Waals surface area (Å²) in [4.78, 5) is 13.3. The van der Waals surface area contributed by atoms with Crippen LogP contribution in [0.15, 0.2) is 78.5 Å². The van der Waals surface area contributed by atoms with Crippen molar-refractivity contribution in [3.05, 3.63) is 90.3 Å². The summed E-state index contributed by atoms with van der Waals surface area (Å²) >= 11 is 0. The Labute approximate surface area is 166 Å². The topological polar surface area (TPSA) is 64.2 Å². The molecule has 0 bridgehead atoms. The van der Waals surface area contributed by atoms with Crippen LogP contribution in [-0.2, 0) is 13.0 Å². The molecule has 4 heteroatoms. The Morgan fingerprint density at radius 1 is 1.07 bits per heavy atom. The maximum Gasteiger partial charge on any atom is 0.0900 e. The smallest absolute Gasteiger partial charge is 0.0900 e. The SMILES string of the molecule is C=C/C=C(\N=C)c1cc(-c2ccc(CN)c(CC)c2)cc(-c2ccccn2)n1. The number of rotatable bonds is 7. The number of benzene rings is 1. The average Bonchev–Trinajstić information content (AvgIpc) is 2.77. The molecule has 3 rings (SSSR count). The molecule has 140 valence electrons. The van der Waals surface area contributed by atoms with Crippen LogP contribution in [0, 0.1) is 0 Å². The highest BCUT2D eigenvalue weighted by atomic mass is 14.8. The predicted octanol–water partition coefficient (Wildman–Crippen LogP) is 5.06. The third-order valence-corrected chi connectivity index (χ3v) is 4.60. The number of nitrogens with zero attached hydrogens (tertiary/aromatic N) is 3. The Kier molecular flexibility index (Phi) is 6.25. The van der Waals surface area contributed by atoms with Crippen LogP contribution in [0.5, 0.6) is 0 Å². The van der Waals surface area contributed by atoms with Gasteiger partial charge in [0.05, 0.1) is 22.8 Å². The molecule has 0 aliphatic heterocycles. The fourth-order valence-corrected chi connectivity index (χ4v) is 3.14. The number of pyridine rings is 2. The van der Waals surface area contributed by atoms with E-state index in [1.54, 1.807) is 18.3 Å². The molecule has 4 nitrogen and oxygen atoms in total. The molecule has 0 unspecified atom stereocenters. The second kappa shape index (κ2) is 9.02. The van der Waals surface area contributed by atoms with Gasteiger partial charge in [-0.1, -0.05) is 43.8 Å². The highest BCUT2D eigenvalue weighted by Gasteiger charge is 2.11. The number of allylic oxidation sites excluding steroid dienone is 2. The summed E-state index contributed by atoms with van der Waals surface area (Å²) in [5, 5.41) is 0. The maximum atomic E-state index is 5.88. The second-order valence-electron chi connectivity index (χ2n) is 6.33. The molecule has 28 heavy (non-hydrogen) atoms. The molecule has 0 amide bonds. The molecule has 0 saturated carbocycles. The van der Waals surface area contributed by atoms with Crippen LogP contribution in [0.4, 0.5) is 0 Å². The fourth-order valence-electron chi connectivity index (χ4n) is 3.14. The molecule has 0 saturated heterocycles. The molecule has 0 aliphatic rings. The third kappa shape index (κ3) is 4.13. The highest BCUT2D eigenvalue weighted by Crippen LogP contribution is 2.29. The monoisotopic (exact) mass is 368 g/mol. The zero-order valence-electron chi connectivity index (χ0n) is 16.1. The Hall–Kier alpha value is -3.37. The van der Waals surface area contributed by atoms with Crippen LogP contribution in [0.3, 0.4) is 0 Å². The number of hydrogen-bond acceptors (Lipinski definition) is 4. The number of hydrogen-bond donors (Lipinski definition) is 1. The predicted molar refractivity (Wildman–Crippen MR) is 118 cm³/mol.